The standard InChI is InChI=1S/C7H12N2O/c8-6(10)9-7-3-1-2-5(7)4-7/h5H,1-4H2,(H3,8,9,10). The molecule has 2 saturated carbocycles. The van der Waals surface area contributed by atoms with Gasteiger partial charge in [-0.15, -0.1) is 0 Å². The average Bonchev–Trinajstić information content (AvgIpc) is 2.33. The van der Waals surface area contributed by atoms with Crippen molar-refractivity contribution in [2.45, 2.75) is 31.2 Å². The zero-order chi connectivity index (χ0) is 7.19. The lowest BCUT2D eigenvalue weighted by Gasteiger charge is -2.11. The number of primary amides is 1. The van der Waals surface area contributed by atoms with Crippen LogP contribution in [0.1, 0.15) is 25.7 Å². The Morgan fingerprint density at radius 2 is 2.50 bits per heavy atom. The molecule has 0 bridgehead atoms. The van der Waals surface area contributed by atoms with Crippen LogP contribution in [0.3, 0.4) is 0 Å². The van der Waals surface area contributed by atoms with Gasteiger partial charge in [0, 0.05) is 5.54 Å². The molecule has 10 heavy (non-hydrogen) atoms. The maximum Gasteiger partial charge on any atom is 0.312 e. The van der Waals surface area contributed by atoms with E-state index in [2.05, 4.69) is 5.32 Å². The van der Waals surface area contributed by atoms with Crippen molar-refractivity contribution in [3.8, 4) is 0 Å². The van der Waals surface area contributed by atoms with Crippen molar-refractivity contribution >= 4 is 6.03 Å². The molecule has 2 atom stereocenters. The van der Waals surface area contributed by atoms with Gasteiger partial charge >= 0.3 is 6.03 Å². The highest BCUT2D eigenvalue weighted by molar-refractivity contribution is 5.73. The first-order valence-electron chi connectivity index (χ1n) is 3.81. The van der Waals surface area contributed by atoms with Gasteiger partial charge in [0.15, 0.2) is 0 Å². The van der Waals surface area contributed by atoms with Crippen LogP contribution in [-0.2, 0) is 0 Å². The van der Waals surface area contributed by atoms with Crippen molar-refractivity contribution in [3.05, 3.63) is 0 Å². The molecule has 2 fully saturated rings. The van der Waals surface area contributed by atoms with E-state index < -0.39 is 0 Å². The van der Waals surface area contributed by atoms with Crippen LogP contribution < -0.4 is 11.1 Å². The first kappa shape index (κ1) is 6.01. The molecule has 0 aromatic carbocycles. The molecule has 2 aliphatic carbocycles. The van der Waals surface area contributed by atoms with Crippen LogP contribution in [0.5, 0.6) is 0 Å². The molecule has 0 aromatic rings. The van der Waals surface area contributed by atoms with Gasteiger partial charge in [0.05, 0.1) is 0 Å². The lowest BCUT2D eigenvalue weighted by molar-refractivity contribution is 0.243. The Bertz CT molecular complexity index is 180. The van der Waals surface area contributed by atoms with Gasteiger partial charge in [0.1, 0.15) is 0 Å². The molecule has 2 aliphatic rings. The largest absolute Gasteiger partial charge is 0.352 e. The van der Waals surface area contributed by atoms with E-state index in [1.165, 1.54) is 12.8 Å². The molecule has 2 amide bonds. The molecule has 0 heterocycles. The quantitative estimate of drug-likeness (QED) is 0.550. The Labute approximate surface area is 60.0 Å². The van der Waals surface area contributed by atoms with E-state index >= 15 is 0 Å². The molecule has 3 nitrogen and oxygen atoms in total. The highest BCUT2D eigenvalue weighted by atomic mass is 16.2. The summed E-state index contributed by atoms with van der Waals surface area (Å²) in [5, 5.41) is 2.83. The van der Waals surface area contributed by atoms with Crippen LogP contribution in [0.25, 0.3) is 0 Å². The fourth-order valence-electron chi connectivity index (χ4n) is 2.19. The number of urea groups is 1. The molecule has 0 spiro atoms. The van der Waals surface area contributed by atoms with Crippen LogP contribution in [-0.4, -0.2) is 11.6 Å². The summed E-state index contributed by atoms with van der Waals surface area (Å²) in [5.74, 6) is 0.750. The highest BCUT2D eigenvalue weighted by Gasteiger charge is 2.57. The number of rotatable bonds is 1. The lowest BCUT2D eigenvalue weighted by atomic mass is 10.2. The van der Waals surface area contributed by atoms with Crippen LogP contribution in [0.2, 0.25) is 0 Å². The Kier molecular flexibility index (Phi) is 0.993. The fourth-order valence-corrected chi connectivity index (χ4v) is 2.19. The van der Waals surface area contributed by atoms with E-state index in [9.17, 15) is 4.79 Å². The SMILES string of the molecule is NC(=O)NC12CCCC1C2. The monoisotopic (exact) mass is 140 g/mol. The van der Waals surface area contributed by atoms with Crippen LogP contribution in [0, 0.1) is 5.92 Å². The fraction of sp³-hybridized carbons (Fsp3) is 0.857. The Balaban J connectivity index is 1.99. The second kappa shape index (κ2) is 1.65. The van der Waals surface area contributed by atoms with E-state index in [1.807, 2.05) is 0 Å². The lowest BCUT2D eigenvalue weighted by Crippen LogP contribution is -2.40. The predicted octanol–water partition coefficient (Wildman–Crippen LogP) is 0.597. The first-order chi connectivity index (χ1) is 4.73. The minimum absolute atomic E-state index is 0.159. The van der Waals surface area contributed by atoms with E-state index in [0.29, 0.717) is 0 Å². The second-order valence-electron chi connectivity index (χ2n) is 3.44. The number of nitrogens with one attached hydrogen (secondary N) is 1. The summed E-state index contributed by atoms with van der Waals surface area (Å²) < 4.78 is 0. The molecular weight excluding hydrogens is 128 g/mol. The number of hydrogen-bond acceptors (Lipinski definition) is 1. The predicted molar refractivity (Wildman–Crippen MR) is 37.4 cm³/mol. The minimum atomic E-state index is -0.357. The van der Waals surface area contributed by atoms with E-state index in [1.54, 1.807) is 0 Å². The van der Waals surface area contributed by atoms with Gasteiger partial charge in [-0.25, -0.2) is 4.79 Å². The van der Waals surface area contributed by atoms with Gasteiger partial charge in [-0.05, 0) is 25.2 Å². The van der Waals surface area contributed by atoms with Crippen LogP contribution >= 0.6 is 0 Å². The van der Waals surface area contributed by atoms with E-state index in [0.717, 1.165) is 18.8 Å². The number of hydrogen-bond donors (Lipinski definition) is 2. The first-order valence-corrected chi connectivity index (χ1v) is 3.81. The second-order valence-corrected chi connectivity index (χ2v) is 3.44. The normalized spacial score (nSPS) is 42.6. The molecule has 3 heteroatoms. The van der Waals surface area contributed by atoms with Gasteiger partial charge in [0.2, 0.25) is 0 Å². The molecular formula is C7H12N2O. The summed E-state index contributed by atoms with van der Waals surface area (Å²) in [7, 11) is 0. The van der Waals surface area contributed by atoms with Gasteiger partial charge in [0.25, 0.3) is 0 Å². The summed E-state index contributed by atoms with van der Waals surface area (Å²) in [6.45, 7) is 0. The summed E-state index contributed by atoms with van der Waals surface area (Å²) in [5.41, 5.74) is 5.19. The van der Waals surface area contributed by atoms with Crippen molar-refractivity contribution in [2.24, 2.45) is 11.7 Å². The van der Waals surface area contributed by atoms with Crippen LogP contribution in [0.15, 0.2) is 0 Å². The van der Waals surface area contributed by atoms with Gasteiger partial charge in [-0.3, -0.25) is 0 Å². The molecule has 2 rings (SSSR count). The average molecular weight is 140 g/mol. The summed E-state index contributed by atoms with van der Waals surface area (Å²) in [6.07, 6.45) is 4.84. The van der Waals surface area contributed by atoms with Gasteiger partial charge in [-0.1, -0.05) is 6.42 Å². The minimum Gasteiger partial charge on any atom is -0.352 e. The Morgan fingerprint density at radius 3 is 2.90 bits per heavy atom. The van der Waals surface area contributed by atoms with Crippen molar-refractivity contribution in [2.75, 3.05) is 0 Å². The third kappa shape index (κ3) is 0.696. The maximum atomic E-state index is 10.5. The van der Waals surface area contributed by atoms with E-state index in [4.69, 9.17) is 5.73 Å². The third-order valence-electron chi connectivity index (χ3n) is 2.78. The molecule has 0 radical (unpaired) electrons. The third-order valence-corrected chi connectivity index (χ3v) is 2.78. The zero-order valence-corrected chi connectivity index (χ0v) is 5.89. The van der Waals surface area contributed by atoms with E-state index in [-0.39, 0.29) is 11.6 Å². The summed E-state index contributed by atoms with van der Waals surface area (Å²) in [6, 6.07) is -0.357. The Morgan fingerprint density at radius 1 is 1.70 bits per heavy atom. The van der Waals surface area contributed by atoms with Crippen molar-refractivity contribution in [1.82, 2.24) is 5.32 Å². The van der Waals surface area contributed by atoms with Crippen molar-refractivity contribution in [1.29, 1.82) is 0 Å². The van der Waals surface area contributed by atoms with Gasteiger partial charge in [-0.2, -0.15) is 0 Å². The number of amides is 2. The van der Waals surface area contributed by atoms with Crippen molar-refractivity contribution < 1.29 is 4.79 Å². The number of nitrogens with two attached hydrogens (primary N) is 1. The number of fused-ring (bicyclic) bond motifs is 1. The molecule has 56 valence electrons. The summed E-state index contributed by atoms with van der Waals surface area (Å²) in [4.78, 5) is 10.5. The molecule has 2 unspecified atom stereocenters. The molecule has 0 aliphatic heterocycles. The topological polar surface area (TPSA) is 55.1 Å². The van der Waals surface area contributed by atoms with Crippen LogP contribution in [0.4, 0.5) is 4.79 Å². The zero-order valence-electron chi connectivity index (χ0n) is 5.89. The highest BCUT2D eigenvalue weighted by Crippen LogP contribution is 2.55. The molecule has 0 aromatic heterocycles. The van der Waals surface area contributed by atoms with Crippen molar-refractivity contribution in [3.63, 3.8) is 0 Å². The number of carbonyl (C=O) groups excluding carboxylic acids is 1. The Hall–Kier alpha value is -0.730. The maximum absolute atomic E-state index is 10.5. The number of carbonyl (C=O) groups is 1. The molecule has 3 N–H and O–H groups in total. The smallest absolute Gasteiger partial charge is 0.312 e. The summed E-state index contributed by atoms with van der Waals surface area (Å²) >= 11 is 0. The van der Waals surface area contributed by atoms with Gasteiger partial charge < -0.3 is 11.1 Å². The molecule has 0 saturated heterocycles.